The van der Waals surface area contributed by atoms with E-state index in [2.05, 4.69) is 5.32 Å². The lowest BCUT2D eigenvalue weighted by atomic mass is 9.96. The normalized spacial score (nSPS) is 13.0. The fourth-order valence-corrected chi connectivity index (χ4v) is 3.95. The van der Waals surface area contributed by atoms with E-state index in [0.717, 1.165) is 6.07 Å². The zero-order valence-electron chi connectivity index (χ0n) is 17.9. The first-order valence-corrected chi connectivity index (χ1v) is 10.7. The predicted molar refractivity (Wildman–Crippen MR) is 123 cm³/mol. The number of phenols is 1. The highest BCUT2D eigenvalue weighted by Crippen LogP contribution is 2.37. The number of aromatic hydroxyl groups is 1. The minimum Gasteiger partial charge on any atom is -0.505 e. The molecule has 0 aliphatic rings. The molecule has 0 radical (unpaired) electrons. The van der Waals surface area contributed by atoms with Crippen molar-refractivity contribution in [3.63, 3.8) is 0 Å². The Kier molecular flexibility index (Phi) is 7.00. The van der Waals surface area contributed by atoms with Crippen LogP contribution in [0.15, 0.2) is 30.3 Å². The molecule has 3 rings (SSSR count). The number of carbonyl (C=O) groups excluding carboxylic acids is 2. The summed E-state index contributed by atoms with van der Waals surface area (Å²) in [6.07, 6.45) is 0. The van der Waals surface area contributed by atoms with Gasteiger partial charge in [-0.05, 0) is 49.7 Å². The molecule has 3 aromatic rings. The number of nitrogens with zero attached hydrogens (tertiary/aromatic N) is 1. The number of nitrogens with one attached hydrogen (secondary N) is 1. The predicted octanol–water partition coefficient (Wildman–Crippen LogP) is 4.73. The number of amides is 1. The topological polar surface area (TPSA) is 109 Å². The van der Waals surface area contributed by atoms with Crippen molar-refractivity contribution in [2.75, 3.05) is 6.54 Å². The Hall–Kier alpha value is -3.10. The Labute approximate surface area is 198 Å². The Bertz CT molecular complexity index is 1290. The standard InChI is InChI=1S/C23H21Cl2FN2O5/c1-10(23(32)33)9-27-21(30)11(2)18-12(3)28(16-6-7-17(29)20(26)19(16)18)22(31)13-4-5-14(24)15(25)8-13/h4-8,10-11,29H,9H2,1-3H3,(H,27,30)(H,32,33). The molecule has 2 atom stereocenters. The van der Waals surface area contributed by atoms with Crippen LogP contribution in [0.2, 0.25) is 10.0 Å². The van der Waals surface area contributed by atoms with Crippen molar-refractivity contribution in [2.24, 2.45) is 5.92 Å². The van der Waals surface area contributed by atoms with Crippen LogP contribution in [0.3, 0.4) is 0 Å². The van der Waals surface area contributed by atoms with Crippen LogP contribution in [0, 0.1) is 18.7 Å². The van der Waals surface area contributed by atoms with Crippen molar-refractivity contribution < 1.29 is 29.0 Å². The molecule has 0 aliphatic heterocycles. The van der Waals surface area contributed by atoms with Gasteiger partial charge in [0.05, 0.1) is 27.4 Å². The minimum absolute atomic E-state index is 0.0742. The van der Waals surface area contributed by atoms with Gasteiger partial charge < -0.3 is 15.5 Å². The van der Waals surface area contributed by atoms with Gasteiger partial charge in [-0.2, -0.15) is 0 Å². The van der Waals surface area contributed by atoms with Gasteiger partial charge in [0.2, 0.25) is 5.91 Å². The summed E-state index contributed by atoms with van der Waals surface area (Å²) in [6.45, 7) is 4.40. The number of aliphatic carboxylic acids is 1. The molecule has 33 heavy (non-hydrogen) atoms. The molecule has 1 heterocycles. The number of carbonyl (C=O) groups is 3. The monoisotopic (exact) mass is 494 g/mol. The lowest BCUT2D eigenvalue weighted by molar-refractivity contribution is -0.141. The number of rotatable bonds is 6. The first-order valence-electron chi connectivity index (χ1n) is 9.98. The fourth-order valence-electron chi connectivity index (χ4n) is 3.65. The number of phenolic OH excluding ortho intramolecular Hbond substituents is 1. The maximum absolute atomic E-state index is 15.1. The van der Waals surface area contributed by atoms with Gasteiger partial charge in [-0.1, -0.05) is 30.1 Å². The number of aromatic nitrogens is 1. The molecular weight excluding hydrogens is 474 g/mol. The molecule has 3 N–H and O–H groups in total. The lowest BCUT2D eigenvalue weighted by Crippen LogP contribution is -2.34. The molecule has 0 saturated carbocycles. The van der Waals surface area contributed by atoms with Crippen molar-refractivity contribution >= 4 is 51.9 Å². The van der Waals surface area contributed by atoms with Gasteiger partial charge in [0.15, 0.2) is 11.6 Å². The van der Waals surface area contributed by atoms with Crippen LogP contribution in [0.4, 0.5) is 4.39 Å². The summed E-state index contributed by atoms with van der Waals surface area (Å²) in [4.78, 5) is 37.2. The molecule has 0 aliphatic carbocycles. The van der Waals surface area contributed by atoms with Crippen LogP contribution in [0.25, 0.3) is 10.9 Å². The largest absolute Gasteiger partial charge is 0.505 e. The first kappa shape index (κ1) is 24.5. The Morgan fingerprint density at radius 1 is 1.12 bits per heavy atom. The highest BCUT2D eigenvalue weighted by atomic mass is 35.5. The van der Waals surface area contributed by atoms with Crippen LogP contribution in [-0.2, 0) is 9.59 Å². The van der Waals surface area contributed by atoms with Crippen molar-refractivity contribution in [3.05, 3.63) is 63.0 Å². The average molecular weight is 495 g/mol. The van der Waals surface area contributed by atoms with Crippen LogP contribution in [-0.4, -0.2) is 39.1 Å². The second-order valence-corrected chi connectivity index (χ2v) is 8.58. The van der Waals surface area contributed by atoms with Gasteiger partial charge in [-0.15, -0.1) is 0 Å². The number of fused-ring (bicyclic) bond motifs is 1. The third-order valence-corrected chi connectivity index (χ3v) is 6.27. The van der Waals surface area contributed by atoms with E-state index >= 15 is 4.39 Å². The molecule has 0 spiro atoms. The van der Waals surface area contributed by atoms with E-state index in [4.69, 9.17) is 28.3 Å². The molecule has 0 fully saturated rings. The number of carboxylic acids is 1. The van der Waals surface area contributed by atoms with E-state index < -0.39 is 41.2 Å². The molecule has 10 heteroatoms. The summed E-state index contributed by atoms with van der Waals surface area (Å²) >= 11 is 12.0. The average Bonchev–Trinajstić information content (AvgIpc) is 3.07. The summed E-state index contributed by atoms with van der Waals surface area (Å²) in [6, 6.07) is 6.83. The maximum Gasteiger partial charge on any atom is 0.308 e. The SMILES string of the molecule is Cc1c(C(C)C(=O)NCC(C)C(=O)O)c2c(F)c(O)ccc2n1C(=O)c1ccc(Cl)c(Cl)c1. The van der Waals surface area contributed by atoms with Gasteiger partial charge in [-0.25, -0.2) is 4.39 Å². The Balaban J connectivity index is 2.14. The van der Waals surface area contributed by atoms with Gasteiger partial charge in [0.1, 0.15) is 0 Å². The smallest absolute Gasteiger partial charge is 0.308 e. The quantitative estimate of drug-likeness (QED) is 0.458. The van der Waals surface area contributed by atoms with E-state index in [-0.39, 0.29) is 38.6 Å². The molecule has 2 aromatic carbocycles. The van der Waals surface area contributed by atoms with Crippen LogP contribution < -0.4 is 5.32 Å². The second kappa shape index (κ2) is 9.41. The number of benzene rings is 2. The van der Waals surface area contributed by atoms with Crippen molar-refractivity contribution in [2.45, 2.75) is 26.7 Å². The van der Waals surface area contributed by atoms with Gasteiger partial charge in [0.25, 0.3) is 5.91 Å². The Morgan fingerprint density at radius 3 is 2.39 bits per heavy atom. The Morgan fingerprint density at radius 2 is 1.79 bits per heavy atom. The summed E-state index contributed by atoms with van der Waals surface area (Å²) < 4.78 is 16.3. The summed E-state index contributed by atoms with van der Waals surface area (Å²) in [5.74, 6) is -5.51. The molecule has 1 aromatic heterocycles. The van der Waals surface area contributed by atoms with Crippen LogP contribution >= 0.6 is 23.2 Å². The summed E-state index contributed by atoms with van der Waals surface area (Å²) in [5.41, 5.74) is 0.844. The molecule has 7 nitrogen and oxygen atoms in total. The van der Waals surface area contributed by atoms with Gasteiger partial charge in [0, 0.05) is 23.2 Å². The number of carboxylic acid groups (broad SMARTS) is 1. The number of hydrogen-bond donors (Lipinski definition) is 3. The van der Waals surface area contributed by atoms with E-state index in [0.29, 0.717) is 5.69 Å². The van der Waals surface area contributed by atoms with Gasteiger partial charge in [-0.3, -0.25) is 19.0 Å². The minimum atomic E-state index is -1.07. The van der Waals surface area contributed by atoms with Crippen LogP contribution in [0.5, 0.6) is 5.75 Å². The van der Waals surface area contributed by atoms with E-state index in [1.54, 1.807) is 6.92 Å². The van der Waals surface area contributed by atoms with E-state index in [9.17, 15) is 19.5 Å². The molecule has 0 saturated heterocycles. The first-order chi connectivity index (χ1) is 15.5. The molecular formula is C23H21Cl2FN2O5. The van der Waals surface area contributed by atoms with Crippen molar-refractivity contribution in [1.82, 2.24) is 9.88 Å². The molecule has 0 bridgehead atoms. The lowest BCUT2D eigenvalue weighted by Gasteiger charge is -2.15. The number of hydrogen-bond acceptors (Lipinski definition) is 4. The second-order valence-electron chi connectivity index (χ2n) is 7.77. The zero-order valence-corrected chi connectivity index (χ0v) is 19.5. The van der Waals surface area contributed by atoms with Crippen molar-refractivity contribution in [3.8, 4) is 5.75 Å². The number of halogens is 3. The summed E-state index contributed by atoms with van der Waals surface area (Å²) in [7, 11) is 0. The van der Waals surface area contributed by atoms with Crippen molar-refractivity contribution in [1.29, 1.82) is 0 Å². The third-order valence-electron chi connectivity index (χ3n) is 5.54. The van der Waals surface area contributed by atoms with Gasteiger partial charge >= 0.3 is 5.97 Å². The highest BCUT2D eigenvalue weighted by Gasteiger charge is 2.30. The fraction of sp³-hybridized carbons (Fsp3) is 0.261. The van der Waals surface area contributed by atoms with Crippen LogP contribution in [0.1, 0.15) is 41.4 Å². The maximum atomic E-state index is 15.1. The van der Waals surface area contributed by atoms with E-state index in [1.807, 2.05) is 0 Å². The molecule has 1 amide bonds. The summed E-state index contributed by atoms with van der Waals surface area (Å²) in [5, 5.41) is 21.9. The third kappa shape index (κ3) is 4.54. The molecule has 2 unspecified atom stereocenters. The zero-order chi connectivity index (χ0) is 24.6. The highest BCUT2D eigenvalue weighted by molar-refractivity contribution is 6.42. The molecule has 174 valence electrons. The van der Waals surface area contributed by atoms with E-state index in [1.165, 1.54) is 42.7 Å².